The quantitative estimate of drug-likeness (QED) is 0.852. The summed E-state index contributed by atoms with van der Waals surface area (Å²) in [6.45, 7) is 5.56. The number of nitrogens with one attached hydrogen (secondary N) is 1. The molecule has 0 aliphatic heterocycles. The van der Waals surface area contributed by atoms with Crippen molar-refractivity contribution in [2.75, 3.05) is 0 Å². The van der Waals surface area contributed by atoms with Gasteiger partial charge in [-0.25, -0.2) is 0 Å². The molecule has 0 aliphatic rings. The number of aromatic nitrogens is 1. The van der Waals surface area contributed by atoms with Gasteiger partial charge in [0.1, 0.15) is 0 Å². The standard InChI is InChI=1S/C14H17NO2/c1-9-5-4-6-11-12(9)10(8-15-11)7-14(2,3)13(16)17/h4-6,8,15H,7H2,1-3H3,(H,16,17). The zero-order chi connectivity index (χ0) is 12.6. The van der Waals surface area contributed by atoms with Gasteiger partial charge in [-0.3, -0.25) is 4.79 Å². The number of hydrogen-bond donors (Lipinski definition) is 2. The molecule has 1 aromatic heterocycles. The van der Waals surface area contributed by atoms with Crippen molar-refractivity contribution in [3.63, 3.8) is 0 Å². The van der Waals surface area contributed by atoms with Gasteiger partial charge in [-0.2, -0.15) is 0 Å². The van der Waals surface area contributed by atoms with E-state index >= 15 is 0 Å². The van der Waals surface area contributed by atoms with Crippen LogP contribution in [0.4, 0.5) is 0 Å². The first-order valence-electron chi connectivity index (χ1n) is 5.71. The molecule has 1 heterocycles. The lowest BCUT2D eigenvalue weighted by Gasteiger charge is -2.18. The number of carbonyl (C=O) groups is 1. The molecule has 0 aliphatic carbocycles. The Bertz CT molecular complexity index is 567. The molecular formula is C14H17NO2. The first-order valence-corrected chi connectivity index (χ1v) is 5.71. The van der Waals surface area contributed by atoms with Crippen molar-refractivity contribution < 1.29 is 9.90 Å². The smallest absolute Gasteiger partial charge is 0.309 e. The lowest BCUT2D eigenvalue weighted by atomic mass is 9.85. The molecule has 0 amide bonds. The molecule has 2 rings (SSSR count). The third kappa shape index (κ3) is 2.05. The van der Waals surface area contributed by atoms with Crippen molar-refractivity contribution in [1.82, 2.24) is 4.98 Å². The summed E-state index contributed by atoms with van der Waals surface area (Å²) in [4.78, 5) is 14.4. The maximum atomic E-state index is 11.2. The van der Waals surface area contributed by atoms with Crippen LogP contribution in [0.15, 0.2) is 24.4 Å². The molecule has 1 aromatic carbocycles. The van der Waals surface area contributed by atoms with Gasteiger partial charge in [0.15, 0.2) is 0 Å². The molecule has 2 aromatic rings. The van der Waals surface area contributed by atoms with Crippen LogP contribution in [0.3, 0.4) is 0 Å². The fourth-order valence-corrected chi connectivity index (χ4v) is 2.14. The zero-order valence-electron chi connectivity index (χ0n) is 10.4. The number of aryl methyl sites for hydroxylation is 1. The minimum Gasteiger partial charge on any atom is -0.481 e. The van der Waals surface area contributed by atoms with Crippen LogP contribution in [0.2, 0.25) is 0 Å². The summed E-state index contributed by atoms with van der Waals surface area (Å²) < 4.78 is 0. The fourth-order valence-electron chi connectivity index (χ4n) is 2.14. The number of carboxylic acid groups (broad SMARTS) is 1. The van der Waals surface area contributed by atoms with Gasteiger partial charge >= 0.3 is 5.97 Å². The van der Waals surface area contributed by atoms with Crippen molar-refractivity contribution >= 4 is 16.9 Å². The van der Waals surface area contributed by atoms with Gasteiger partial charge in [0.25, 0.3) is 0 Å². The number of rotatable bonds is 3. The van der Waals surface area contributed by atoms with Crippen LogP contribution in [0, 0.1) is 12.3 Å². The minimum absolute atomic E-state index is 0.535. The molecule has 3 heteroatoms. The zero-order valence-corrected chi connectivity index (χ0v) is 10.4. The highest BCUT2D eigenvalue weighted by Gasteiger charge is 2.28. The molecule has 17 heavy (non-hydrogen) atoms. The number of aliphatic carboxylic acids is 1. The summed E-state index contributed by atoms with van der Waals surface area (Å²) >= 11 is 0. The van der Waals surface area contributed by atoms with Crippen LogP contribution in [-0.4, -0.2) is 16.1 Å². The molecule has 0 unspecified atom stereocenters. The molecule has 2 N–H and O–H groups in total. The van der Waals surface area contributed by atoms with Gasteiger partial charge in [0, 0.05) is 17.1 Å². The molecular weight excluding hydrogens is 214 g/mol. The van der Waals surface area contributed by atoms with Gasteiger partial charge in [0.05, 0.1) is 5.41 Å². The Labute approximate surface area is 100 Å². The average molecular weight is 231 g/mol. The third-order valence-corrected chi connectivity index (χ3v) is 3.21. The van der Waals surface area contributed by atoms with E-state index in [1.807, 2.05) is 31.3 Å². The van der Waals surface area contributed by atoms with Crippen LogP contribution in [0.1, 0.15) is 25.0 Å². The van der Waals surface area contributed by atoms with Crippen molar-refractivity contribution in [3.8, 4) is 0 Å². The maximum Gasteiger partial charge on any atom is 0.309 e. The molecule has 0 radical (unpaired) electrons. The van der Waals surface area contributed by atoms with Gasteiger partial charge in [-0.05, 0) is 44.4 Å². The molecule has 0 bridgehead atoms. The Balaban J connectivity index is 2.47. The van der Waals surface area contributed by atoms with Crippen LogP contribution in [0.5, 0.6) is 0 Å². The summed E-state index contributed by atoms with van der Waals surface area (Å²) in [7, 11) is 0. The highest BCUT2D eigenvalue weighted by Crippen LogP contribution is 2.29. The Morgan fingerprint density at radius 2 is 2.12 bits per heavy atom. The van der Waals surface area contributed by atoms with Crippen molar-refractivity contribution in [3.05, 3.63) is 35.5 Å². The van der Waals surface area contributed by atoms with E-state index in [2.05, 4.69) is 4.98 Å². The highest BCUT2D eigenvalue weighted by atomic mass is 16.4. The van der Waals surface area contributed by atoms with Gasteiger partial charge < -0.3 is 10.1 Å². The van der Waals surface area contributed by atoms with E-state index in [1.54, 1.807) is 13.8 Å². The summed E-state index contributed by atoms with van der Waals surface area (Å²) in [5, 5.41) is 10.3. The lowest BCUT2D eigenvalue weighted by Crippen LogP contribution is -2.26. The van der Waals surface area contributed by atoms with Crippen LogP contribution in [0.25, 0.3) is 10.9 Å². The summed E-state index contributed by atoms with van der Waals surface area (Å²) in [6.07, 6.45) is 2.45. The molecule has 3 nitrogen and oxygen atoms in total. The SMILES string of the molecule is Cc1cccc2[nH]cc(CC(C)(C)C(=O)O)c12. The van der Waals surface area contributed by atoms with Gasteiger partial charge in [-0.15, -0.1) is 0 Å². The molecule has 0 atom stereocenters. The van der Waals surface area contributed by atoms with E-state index < -0.39 is 11.4 Å². The van der Waals surface area contributed by atoms with Gasteiger partial charge in [0.2, 0.25) is 0 Å². The van der Waals surface area contributed by atoms with E-state index in [0.29, 0.717) is 6.42 Å². The molecule has 0 saturated heterocycles. The molecule has 90 valence electrons. The first-order chi connectivity index (χ1) is 7.92. The topological polar surface area (TPSA) is 53.1 Å². The van der Waals surface area contributed by atoms with Crippen molar-refractivity contribution in [2.45, 2.75) is 27.2 Å². The fraction of sp³-hybridized carbons (Fsp3) is 0.357. The van der Waals surface area contributed by atoms with E-state index in [9.17, 15) is 9.90 Å². The summed E-state index contributed by atoms with van der Waals surface area (Å²) in [5.74, 6) is -0.763. The van der Waals surface area contributed by atoms with Crippen LogP contribution >= 0.6 is 0 Å². The number of H-pyrrole nitrogens is 1. The van der Waals surface area contributed by atoms with E-state index in [1.165, 1.54) is 5.56 Å². The number of aromatic amines is 1. The monoisotopic (exact) mass is 231 g/mol. The van der Waals surface area contributed by atoms with Crippen molar-refractivity contribution in [1.29, 1.82) is 0 Å². The summed E-state index contributed by atoms with van der Waals surface area (Å²) in [6, 6.07) is 6.06. The van der Waals surface area contributed by atoms with E-state index in [0.717, 1.165) is 16.5 Å². The van der Waals surface area contributed by atoms with Crippen LogP contribution in [-0.2, 0) is 11.2 Å². The average Bonchev–Trinajstić information content (AvgIpc) is 2.62. The van der Waals surface area contributed by atoms with E-state index in [-0.39, 0.29) is 0 Å². The predicted octanol–water partition coefficient (Wildman–Crippen LogP) is 3.13. The molecule has 0 fully saturated rings. The lowest BCUT2D eigenvalue weighted by molar-refractivity contribution is -0.146. The maximum absolute atomic E-state index is 11.2. The first kappa shape index (κ1) is 11.7. The highest BCUT2D eigenvalue weighted by molar-refractivity contribution is 5.87. The minimum atomic E-state index is -0.763. The predicted molar refractivity (Wildman–Crippen MR) is 68.2 cm³/mol. The number of hydrogen-bond acceptors (Lipinski definition) is 1. The van der Waals surface area contributed by atoms with Crippen molar-refractivity contribution in [2.24, 2.45) is 5.41 Å². The Kier molecular flexibility index (Phi) is 2.69. The van der Waals surface area contributed by atoms with E-state index in [4.69, 9.17) is 0 Å². The molecule has 0 saturated carbocycles. The Morgan fingerprint density at radius 3 is 2.76 bits per heavy atom. The van der Waals surface area contributed by atoms with Gasteiger partial charge in [-0.1, -0.05) is 12.1 Å². The number of carboxylic acids is 1. The Hall–Kier alpha value is -1.77. The normalized spacial score (nSPS) is 11.9. The summed E-state index contributed by atoms with van der Waals surface area (Å²) in [5.41, 5.74) is 2.59. The second-order valence-electron chi connectivity index (χ2n) is 5.18. The number of benzene rings is 1. The largest absolute Gasteiger partial charge is 0.481 e. The number of fused-ring (bicyclic) bond motifs is 1. The molecule has 0 spiro atoms. The van der Waals surface area contributed by atoms with Crippen LogP contribution < -0.4 is 0 Å². The second-order valence-corrected chi connectivity index (χ2v) is 5.18. The Morgan fingerprint density at radius 1 is 1.41 bits per heavy atom. The third-order valence-electron chi connectivity index (χ3n) is 3.21. The second kappa shape index (κ2) is 3.91.